The summed E-state index contributed by atoms with van der Waals surface area (Å²) in [6, 6.07) is 2.14. The minimum atomic E-state index is -5.29. The topological polar surface area (TPSA) is 85.7 Å². The summed E-state index contributed by atoms with van der Waals surface area (Å²) in [6.45, 7) is -4.04. The van der Waals surface area contributed by atoms with Crippen molar-refractivity contribution in [3.05, 3.63) is 47.6 Å². The van der Waals surface area contributed by atoms with Crippen molar-refractivity contribution in [3.8, 4) is 0 Å². The Morgan fingerprint density at radius 1 is 0.667 bits per heavy atom. The minimum absolute atomic E-state index is 0.204. The first-order valence-corrected chi connectivity index (χ1v) is 13.1. The molecule has 2 aromatic rings. The van der Waals surface area contributed by atoms with Crippen LogP contribution in [0.25, 0.3) is 0 Å². The quantitative estimate of drug-likeness (QED) is 0.373. The SMILES string of the molecule is FC(F)(F)c1nccc([C@@H]2CN(C[C@H](O[C@@H](CN3CCO[C@H](c4ccnc(C(F)(F)F)n4)C3)C(F)(F)F)C(F)(F)F)CCO2)n1. The second-order valence-electron chi connectivity index (χ2n) is 10.0. The Morgan fingerprint density at radius 3 is 1.38 bits per heavy atom. The molecule has 0 unspecified atom stereocenters. The lowest BCUT2D eigenvalue weighted by atomic mass is 10.1. The fourth-order valence-electron chi connectivity index (χ4n) is 4.59. The zero-order chi connectivity index (χ0) is 33.2. The molecule has 0 amide bonds. The molecule has 45 heavy (non-hydrogen) atoms. The molecule has 2 saturated heterocycles. The predicted molar refractivity (Wildman–Crippen MR) is 125 cm³/mol. The summed E-state index contributed by atoms with van der Waals surface area (Å²) >= 11 is 0. The highest BCUT2D eigenvalue weighted by atomic mass is 19.4. The van der Waals surface area contributed by atoms with E-state index in [0.29, 0.717) is 0 Å². The third-order valence-electron chi connectivity index (χ3n) is 6.73. The van der Waals surface area contributed by atoms with Crippen LogP contribution in [-0.2, 0) is 26.6 Å². The second kappa shape index (κ2) is 13.5. The van der Waals surface area contributed by atoms with E-state index in [1.807, 2.05) is 0 Å². The fraction of sp³-hybridized carbons (Fsp3) is 0.667. The van der Waals surface area contributed by atoms with Crippen molar-refractivity contribution in [3.63, 3.8) is 0 Å². The van der Waals surface area contributed by atoms with Crippen molar-refractivity contribution in [2.45, 2.75) is 49.1 Å². The van der Waals surface area contributed by atoms with Crippen LogP contribution in [0.5, 0.6) is 0 Å². The Morgan fingerprint density at radius 2 is 1.04 bits per heavy atom. The van der Waals surface area contributed by atoms with Crippen molar-refractivity contribution >= 4 is 0 Å². The Labute approximate surface area is 246 Å². The zero-order valence-electron chi connectivity index (χ0n) is 22.7. The van der Waals surface area contributed by atoms with Gasteiger partial charge in [0.15, 0.2) is 12.2 Å². The first-order valence-electron chi connectivity index (χ1n) is 13.1. The Bertz CT molecular complexity index is 1180. The number of hydrogen-bond donors (Lipinski definition) is 0. The van der Waals surface area contributed by atoms with Gasteiger partial charge in [-0.15, -0.1) is 0 Å². The van der Waals surface area contributed by atoms with Gasteiger partial charge in [0.2, 0.25) is 11.6 Å². The monoisotopic (exact) mass is 672 g/mol. The molecule has 2 aliphatic rings. The van der Waals surface area contributed by atoms with Gasteiger partial charge in [-0.25, -0.2) is 19.9 Å². The highest BCUT2D eigenvalue weighted by molar-refractivity contribution is 5.10. The lowest BCUT2D eigenvalue weighted by Crippen LogP contribution is -2.53. The summed E-state index contributed by atoms with van der Waals surface area (Å²) in [7, 11) is 0. The molecule has 2 aliphatic heterocycles. The maximum atomic E-state index is 14.0. The van der Waals surface area contributed by atoms with Gasteiger partial charge in [-0.1, -0.05) is 0 Å². The van der Waals surface area contributed by atoms with Crippen LogP contribution in [0.1, 0.15) is 35.2 Å². The van der Waals surface area contributed by atoms with Crippen molar-refractivity contribution in [2.75, 3.05) is 52.5 Å². The van der Waals surface area contributed by atoms with E-state index in [2.05, 4.69) is 24.7 Å². The van der Waals surface area contributed by atoms with Crippen LogP contribution in [0.2, 0.25) is 0 Å². The van der Waals surface area contributed by atoms with E-state index in [9.17, 15) is 52.7 Å². The first kappa shape index (κ1) is 35.0. The van der Waals surface area contributed by atoms with Gasteiger partial charge in [-0.2, -0.15) is 52.7 Å². The Hall–Kier alpha value is -2.88. The Kier molecular flexibility index (Phi) is 10.5. The Balaban J connectivity index is 1.45. The van der Waals surface area contributed by atoms with E-state index in [-0.39, 0.29) is 37.7 Å². The highest BCUT2D eigenvalue weighted by Gasteiger charge is 2.50. The number of rotatable bonds is 8. The average molecular weight is 672 g/mol. The standard InChI is InChI=1S/C24H24F12N6O3/c25-21(26,27)17(11-41-5-7-43-15(9-41)13-1-3-37-19(39-13)23(31,32)33)45-18(22(28,29)30)12-42-6-8-44-16(10-42)14-2-4-38-20(40-14)24(34,35)36/h1-4,15-18H,5-12H2/t15-,16-,17-,18-/m0/s1. The van der Waals surface area contributed by atoms with Crippen LogP contribution in [0.4, 0.5) is 52.7 Å². The van der Waals surface area contributed by atoms with Crippen molar-refractivity contribution < 1.29 is 66.9 Å². The van der Waals surface area contributed by atoms with Crippen LogP contribution in [0, 0.1) is 0 Å². The minimum Gasteiger partial charge on any atom is -0.369 e. The summed E-state index contributed by atoms with van der Waals surface area (Å²) in [5.41, 5.74) is -0.569. The highest BCUT2D eigenvalue weighted by Crippen LogP contribution is 2.34. The number of hydrogen-bond acceptors (Lipinski definition) is 9. The molecule has 0 aliphatic carbocycles. The third kappa shape index (κ3) is 9.56. The van der Waals surface area contributed by atoms with Crippen LogP contribution in [0.3, 0.4) is 0 Å². The van der Waals surface area contributed by atoms with Gasteiger partial charge >= 0.3 is 24.7 Å². The summed E-state index contributed by atoms with van der Waals surface area (Å²) in [4.78, 5) is 15.0. The van der Waals surface area contributed by atoms with E-state index >= 15 is 0 Å². The van der Waals surface area contributed by atoms with E-state index < -0.39 is 86.9 Å². The predicted octanol–water partition coefficient (Wildman–Crippen LogP) is 4.63. The van der Waals surface area contributed by atoms with Gasteiger partial charge in [0.25, 0.3) is 0 Å². The van der Waals surface area contributed by atoms with Crippen molar-refractivity contribution in [1.82, 2.24) is 29.7 Å². The molecule has 2 fully saturated rings. The molecule has 9 nitrogen and oxygen atoms in total. The molecule has 252 valence electrons. The van der Waals surface area contributed by atoms with E-state index in [1.54, 1.807) is 0 Å². The molecule has 21 heteroatoms. The number of aromatic nitrogens is 4. The second-order valence-corrected chi connectivity index (χ2v) is 10.0. The maximum absolute atomic E-state index is 14.0. The number of ether oxygens (including phenoxy) is 3. The molecular formula is C24H24F12N6O3. The van der Waals surface area contributed by atoms with Gasteiger partial charge < -0.3 is 14.2 Å². The molecular weight excluding hydrogens is 648 g/mol. The summed E-state index contributed by atoms with van der Waals surface area (Å²) < 4.78 is 177. The van der Waals surface area contributed by atoms with Crippen LogP contribution >= 0.6 is 0 Å². The molecule has 0 N–H and O–H groups in total. The molecule has 0 bridgehead atoms. The summed E-state index contributed by atoms with van der Waals surface area (Å²) in [5, 5.41) is 0. The largest absolute Gasteiger partial charge is 0.451 e. The third-order valence-corrected chi connectivity index (χ3v) is 6.73. The van der Waals surface area contributed by atoms with Gasteiger partial charge in [-0.05, 0) is 12.1 Å². The molecule has 2 aromatic heterocycles. The average Bonchev–Trinajstić information content (AvgIpc) is 2.95. The lowest BCUT2D eigenvalue weighted by Gasteiger charge is -2.38. The van der Waals surface area contributed by atoms with Gasteiger partial charge in [0, 0.05) is 51.7 Å². The van der Waals surface area contributed by atoms with E-state index in [1.165, 1.54) is 0 Å². The molecule has 0 radical (unpaired) electrons. The fourth-order valence-corrected chi connectivity index (χ4v) is 4.59. The molecule has 0 spiro atoms. The van der Waals surface area contributed by atoms with Crippen molar-refractivity contribution in [2.24, 2.45) is 0 Å². The molecule has 0 aromatic carbocycles. The molecule has 4 rings (SSSR count). The van der Waals surface area contributed by atoms with Gasteiger partial charge in [0.1, 0.15) is 12.2 Å². The molecule has 4 heterocycles. The number of nitrogens with zero attached hydrogens (tertiary/aromatic N) is 6. The molecule has 0 saturated carbocycles. The van der Waals surface area contributed by atoms with Crippen molar-refractivity contribution in [1.29, 1.82) is 0 Å². The maximum Gasteiger partial charge on any atom is 0.451 e. The number of halogens is 12. The number of alkyl halides is 12. The summed E-state index contributed by atoms with van der Waals surface area (Å²) in [6.07, 6.45) is -27.3. The van der Waals surface area contributed by atoms with Gasteiger partial charge in [0.05, 0.1) is 24.6 Å². The normalized spacial score (nSPS) is 22.8. The molecule has 4 atom stereocenters. The zero-order valence-corrected chi connectivity index (χ0v) is 22.7. The summed E-state index contributed by atoms with van der Waals surface area (Å²) in [5.74, 6) is -3.01. The van der Waals surface area contributed by atoms with Crippen LogP contribution < -0.4 is 0 Å². The van der Waals surface area contributed by atoms with E-state index in [0.717, 1.165) is 34.3 Å². The first-order chi connectivity index (χ1) is 20.8. The van der Waals surface area contributed by atoms with E-state index in [4.69, 9.17) is 9.47 Å². The smallest absolute Gasteiger partial charge is 0.369 e. The number of morpholine rings is 2. The lowest BCUT2D eigenvalue weighted by molar-refractivity contribution is -0.292. The van der Waals surface area contributed by atoms with Crippen LogP contribution in [0.15, 0.2) is 24.5 Å². The van der Waals surface area contributed by atoms with Gasteiger partial charge in [-0.3, -0.25) is 9.80 Å². The van der Waals surface area contributed by atoms with Crippen LogP contribution in [-0.4, -0.2) is 107 Å².